The molecule has 0 aliphatic rings. The average molecular weight is 294 g/mol. The lowest BCUT2D eigenvalue weighted by Gasteiger charge is -2.10. The highest BCUT2D eigenvalue weighted by molar-refractivity contribution is 6.17. The third-order valence-corrected chi connectivity index (χ3v) is 3.27. The first kappa shape index (κ1) is 14.9. The molecule has 5 heteroatoms. The van der Waals surface area contributed by atoms with E-state index < -0.39 is 0 Å². The Labute approximate surface area is 124 Å². The molecule has 0 atom stereocenters. The fourth-order valence-corrected chi connectivity index (χ4v) is 1.94. The van der Waals surface area contributed by atoms with Gasteiger partial charge in [-0.05, 0) is 31.4 Å². The summed E-state index contributed by atoms with van der Waals surface area (Å²) < 4.78 is 7.64. The summed E-state index contributed by atoms with van der Waals surface area (Å²) in [5.74, 6) is 2.03. The third-order valence-electron chi connectivity index (χ3n) is 2.96. The zero-order valence-electron chi connectivity index (χ0n) is 12.3. The summed E-state index contributed by atoms with van der Waals surface area (Å²) in [5.41, 5.74) is 1.99. The molecule has 2 aromatic rings. The lowest BCUT2D eigenvalue weighted by Crippen LogP contribution is -2.00. The van der Waals surface area contributed by atoms with Crippen molar-refractivity contribution in [3.05, 3.63) is 35.8 Å². The van der Waals surface area contributed by atoms with Crippen molar-refractivity contribution in [3.63, 3.8) is 0 Å². The van der Waals surface area contributed by atoms with Gasteiger partial charge < -0.3 is 4.74 Å². The number of pyridine rings is 1. The van der Waals surface area contributed by atoms with Crippen molar-refractivity contribution in [2.24, 2.45) is 0 Å². The maximum atomic E-state index is 5.92. The van der Waals surface area contributed by atoms with Gasteiger partial charge in [0.05, 0.1) is 12.4 Å². The molecule has 0 fully saturated rings. The summed E-state index contributed by atoms with van der Waals surface area (Å²) in [7, 11) is 0. The van der Waals surface area contributed by atoms with Crippen LogP contribution in [0.1, 0.15) is 50.9 Å². The van der Waals surface area contributed by atoms with E-state index in [0.29, 0.717) is 29.5 Å². The van der Waals surface area contributed by atoms with Gasteiger partial charge in [0.2, 0.25) is 5.88 Å². The highest BCUT2D eigenvalue weighted by Crippen LogP contribution is 2.24. The fraction of sp³-hybridized carbons (Fsp3) is 0.467. The average Bonchev–Trinajstić information content (AvgIpc) is 2.87. The molecular formula is C15H20ClN3O. The molecule has 20 heavy (non-hydrogen) atoms. The quantitative estimate of drug-likeness (QED) is 0.761. The monoisotopic (exact) mass is 293 g/mol. The number of aromatic nitrogens is 3. The number of nitrogens with zero attached hydrogens (tertiary/aromatic N) is 3. The second kappa shape index (κ2) is 6.27. The maximum Gasteiger partial charge on any atom is 0.219 e. The molecule has 0 radical (unpaired) electrons. The van der Waals surface area contributed by atoms with Gasteiger partial charge in [0.1, 0.15) is 0 Å². The Morgan fingerprint density at radius 1 is 1.25 bits per heavy atom. The van der Waals surface area contributed by atoms with E-state index in [9.17, 15) is 0 Å². The Kier molecular flexibility index (Phi) is 4.65. The van der Waals surface area contributed by atoms with Crippen LogP contribution in [-0.2, 0) is 5.88 Å². The van der Waals surface area contributed by atoms with E-state index in [-0.39, 0.29) is 0 Å². The Balaban J connectivity index is 2.25. The van der Waals surface area contributed by atoms with Gasteiger partial charge in [-0.15, -0.1) is 11.6 Å². The summed E-state index contributed by atoms with van der Waals surface area (Å²) in [6.45, 7) is 8.34. The second-order valence-electron chi connectivity index (χ2n) is 5.38. The van der Waals surface area contributed by atoms with Crippen LogP contribution in [0.2, 0.25) is 0 Å². The number of hydrogen-bond acceptors (Lipinski definition) is 3. The number of halogens is 1. The van der Waals surface area contributed by atoms with Gasteiger partial charge in [0, 0.05) is 23.7 Å². The zero-order valence-corrected chi connectivity index (χ0v) is 13.1. The Bertz CT molecular complexity index is 578. The van der Waals surface area contributed by atoms with Crippen LogP contribution in [0.4, 0.5) is 0 Å². The summed E-state index contributed by atoms with van der Waals surface area (Å²) >= 11 is 5.92. The Hall–Kier alpha value is -1.55. The normalized spacial score (nSPS) is 11.3. The number of ether oxygens (including phenoxy) is 1. The van der Waals surface area contributed by atoms with E-state index >= 15 is 0 Å². The van der Waals surface area contributed by atoms with E-state index in [0.717, 1.165) is 11.3 Å². The molecule has 2 aromatic heterocycles. The van der Waals surface area contributed by atoms with E-state index in [1.54, 1.807) is 6.20 Å². The molecule has 0 spiro atoms. The summed E-state index contributed by atoms with van der Waals surface area (Å²) in [5, 5.41) is 4.25. The van der Waals surface area contributed by atoms with Crippen molar-refractivity contribution >= 4 is 11.6 Å². The lowest BCUT2D eigenvalue weighted by molar-refractivity contribution is 0.455. The van der Waals surface area contributed by atoms with Crippen LogP contribution >= 0.6 is 11.6 Å². The number of rotatable bonds is 5. The fourth-order valence-electron chi connectivity index (χ4n) is 1.78. The maximum absolute atomic E-state index is 5.92. The van der Waals surface area contributed by atoms with E-state index in [1.807, 2.05) is 23.0 Å². The molecule has 0 aromatic carbocycles. The molecule has 4 nitrogen and oxygen atoms in total. The first-order valence-electron chi connectivity index (χ1n) is 6.78. The molecule has 0 saturated carbocycles. The minimum Gasteiger partial charge on any atom is -0.436 e. The first-order valence-corrected chi connectivity index (χ1v) is 7.32. The molecule has 2 heterocycles. The summed E-state index contributed by atoms with van der Waals surface area (Å²) in [4.78, 5) is 4.51. The molecule has 2 rings (SSSR count). The molecule has 0 aliphatic carbocycles. The van der Waals surface area contributed by atoms with Crippen molar-refractivity contribution in [1.29, 1.82) is 0 Å². The van der Waals surface area contributed by atoms with Gasteiger partial charge in [-0.25, -0.2) is 4.98 Å². The summed E-state index contributed by atoms with van der Waals surface area (Å²) in [6.07, 6.45) is 3.57. The SMILES string of the molecule is CC(C)c1cc(CCl)cc(Oc2cnn(C(C)C)c2)n1. The third kappa shape index (κ3) is 3.51. The van der Waals surface area contributed by atoms with E-state index in [1.165, 1.54) is 0 Å². The van der Waals surface area contributed by atoms with Crippen LogP contribution in [0.15, 0.2) is 24.5 Å². The molecular weight excluding hydrogens is 274 g/mol. The molecule has 0 aliphatic heterocycles. The van der Waals surface area contributed by atoms with Crippen molar-refractivity contribution in [2.45, 2.75) is 45.5 Å². The standard InChI is InChI=1S/C15H20ClN3O/c1-10(2)14-5-12(7-16)6-15(18-14)20-13-8-17-19(9-13)11(3)4/h5-6,8-11H,7H2,1-4H3. The van der Waals surface area contributed by atoms with E-state index in [2.05, 4.69) is 37.8 Å². The van der Waals surface area contributed by atoms with Gasteiger partial charge in [0.15, 0.2) is 5.75 Å². The van der Waals surface area contributed by atoms with Crippen LogP contribution in [0, 0.1) is 0 Å². The highest BCUT2D eigenvalue weighted by atomic mass is 35.5. The largest absolute Gasteiger partial charge is 0.436 e. The van der Waals surface area contributed by atoms with Crippen molar-refractivity contribution in [2.75, 3.05) is 0 Å². The molecule has 108 valence electrons. The smallest absolute Gasteiger partial charge is 0.219 e. The van der Waals surface area contributed by atoms with Crippen LogP contribution < -0.4 is 4.74 Å². The van der Waals surface area contributed by atoms with Crippen LogP contribution in [-0.4, -0.2) is 14.8 Å². The van der Waals surface area contributed by atoms with Gasteiger partial charge in [-0.3, -0.25) is 4.68 Å². The number of hydrogen-bond donors (Lipinski definition) is 0. The zero-order chi connectivity index (χ0) is 14.7. The van der Waals surface area contributed by atoms with Crippen LogP contribution in [0.25, 0.3) is 0 Å². The van der Waals surface area contributed by atoms with Gasteiger partial charge in [0.25, 0.3) is 0 Å². The molecule has 0 unspecified atom stereocenters. The topological polar surface area (TPSA) is 39.9 Å². The van der Waals surface area contributed by atoms with Crippen molar-refractivity contribution < 1.29 is 4.74 Å². The van der Waals surface area contributed by atoms with E-state index in [4.69, 9.17) is 16.3 Å². The summed E-state index contributed by atoms with van der Waals surface area (Å²) in [6, 6.07) is 4.19. The second-order valence-corrected chi connectivity index (χ2v) is 5.65. The first-order chi connectivity index (χ1) is 9.49. The minimum absolute atomic E-state index is 0.306. The van der Waals surface area contributed by atoms with Crippen molar-refractivity contribution in [1.82, 2.24) is 14.8 Å². The van der Waals surface area contributed by atoms with Crippen molar-refractivity contribution in [3.8, 4) is 11.6 Å². The predicted molar refractivity (Wildman–Crippen MR) is 80.6 cm³/mol. The Morgan fingerprint density at radius 2 is 2.00 bits per heavy atom. The molecule has 0 N–H and O–H groups in total. The van der Waals surface area contributed by atoms with Crippen LogP contribution in [0.3, 0.4) is 0 Å². The predicted octanol–water partition coefficient (Wildman–Crippen LogP) is 4.51. The number of alkyl halides is 1. The molecule has 0 bridgehead atoms. The Morgan fingerprint density at radius 3 is 2.55 bits per heavy atom. The lowest BCUT2D eigenvalue weighted by atomic mass is 10.1. The molecule has 0 amide bonds. The van der Waals surface area contributed by atoms with Gasteiger partial charge >= 0.3 is 0 Å². The van der Waals surface area contributed by atoms with Gasteiger partial charge in [-0.2, -0.15) is 5.10 Å². The van der Waals surface area contributed by atoms with Gasteiger partial charge in [-0.1, -0.05) is 13.8 Å². The van der Waals surface area contributed by atoms with Crippen LogP contribution in [0.5, 0.6) is 11.6 Å². The minimum atomic E-state index is 0.306. The highest BCUT2D eigenvalue weighted by Gasteiger charge is 2.09. The molecule has 0 saturated heterocycles.